The second kappa shape index (κ2) is 13.2. The molecule has 1 N–H and O–H groups in total. The summed E-state index contributed by atoms with van der Waals surface area (Å²) in [4.78, 5) is 16.1. The number of thiophene rings is 1. The van der Waals surface area contributed by atoms with Crippen molar-refractivity contribution in [1.29, 1.82) is 0 Å². The van der Waals surface area contributed by atoms with E-state index in [1.807, 2.05) is 41.8 Å². The van der Waals surface area contributed by atoms with Crippen molar-refractivity contribution >= 4 is 49.1 Å². The van der Waals surface area contributed by atoms with Crippen molar-refractivity contribution in [2.45, 2.75) is 53.4 Å². The number of para-hydroxylation sites is 1. The molecule has 0 aliphatic carbocycles. The number of aromatic nitrogens is 1. The minimum absolute atomic E-state index is 0. The minimum atomic E-state index is -0.125. The third-order valence-electron chi connectivity index (χ3n) is 7.00. The SMILES string of the molecule is CC(=O)/C=C(/C)O.CC(C)c1cc(-c2cc3cnc(-c4[c-]ccc5c4oc4ccccc45)cc3s2)cc(C(C)C)c1.[Ir]. The molecule has 3 heterocycles. The molecule has 0 saturated heterocycles. The summed E-state index contributed by atoms with van der Waals surface area (Å²) in [5, 5.41) is 11.8. The van der Waals surface area contributed by atoms with Crippen molar-refractivity contribution in [3.05, 3.63) is 102 Å². The van der Waals surface area contributed by atoms with E-state index in [0.717, 1.165) is 33.2 Å². The van der Waals surface area contributed by atoms with Gasteiger partial charge in [-0.15, -0.1) is 29.5 Å². The summed E-state index contributed by atoms with van der Waals surface area (Å²) in [5.74, 6) is 0.937. The van der Waals surface area contributed by atoms with E-state index in [1.165, 1.54) is 51.6 Å². The zero-order valence-electron chi connectivity index (χ0n) is 24.6. The van der Waals surface area contributed by atoms with Crippen LogP contribution in [0.1, 0.15) is 64.5 Å². The predicted octanol–water partition coefficient (Wildman–Crippen LogP) is 10.6. The van der Waals surface area contributed by atoms with Gasteiger partial charge in [0, 0.05) is 52.7 Å². The van der Waals surface area contributed by atoms with Gasteiger partial charge < -0.3 is 14.5 Å². The van der Waals surface area contributed by atoms with Gasteiger partial charge in [-0.3, -0.25) is 4.79 Å². The molecular formula is C36H34IrNO3S-. The minimum Gasteiger partial charge on any atom is -0.512 e. The maximum absolute atomic E-state index is 10.0. The Kier molecular flexibility index (Phi) is 9.83. The molecule has 0 amide bonds. The van der Waals surface area contributed by atoms with Gasteiger partial charge in [-0.25, -0.2) is 0 Å². The Hall–Kier alpha value is -3.57. The summed E-state index contributed by atoms with van der Waals surface area (Å²) in [6.07, 6.45) is 3.15. The van der Waals surface area contributed by atoms with Crippen LogP contribution < -0.4 is 0 Å². The molecule has 4 nitrogen and oxygen atoms in total. The van der Waals surface area contributed by atoms with Crippen LogP contribution in [-0.4, -0.2) is 15.9 Å². The van der Waals surface area contributed by atoms with Gasteiger partial charge in [0.15, 0.2) is 5.78 Å². The Balaban J connectivity index is 0.000000454. The van der Waals surface area contributed by atoms with Crippen LogP contribution in [0.3, 0.4) is 0 Å². The van der Waals surface area contributed by atoms with Gasteiger partial charge in [-0.1, -0.05) is 81.1 Å². The van der Waals surface area contributed by atoms with Gasteiger partial charge >= 0.3 is 0 Å². The fourth-order valence-electron chi connectivity index (χ4n) is 4.87. The van der Waals surface area contributed by atoms with Crippen molar-refractivity contribution in [2.24, 2.45) is 0 Å². The Morgan fingerprint density at radius 2 is 1.64 bits per heavy atom. The molecule has 0 aliphatic rings. The van der Waals surface area contributed by atoms with Crippen LogP contribution >= 0.6 is 11.3 Å². The average molecular weight is 753 g/mol. The first-order valence-corrected chi connectivity index (χ1v) is 14.7. The Morgan fingerprint density at radius 3 is 2.26 bits per heavy atom. The number of aliphatic hydroxyl groups excluding tert-OH is 1. The third kappa shape index (κ3) is 6.73. The van der Waals surface area contributed by atoms with E-state index >= 15 is 0 Å². The summed E-state index contributed by atoms with van der Waals surface area (Å²) < 4.78 is 7.45. The number of furan rings is 1. The number of carbonyl (C=O) groups is 1. The second-order valence-corrected chi connectivity index (χ2v) is 12.1. The number of fused-ring (bicyclic) bond motifs is 4. The van der Waals surface area contributed by atoms with Crippen molar-refractivity contribution in [3.8, 4) is 21.7 Å². The van der Waals surface area contributed by atoms with Crippen LogP contribution in [0.2, 0.25) is 0 Å². The first kappa shape index (κ1) is 31.4. The number of allylic oxidation sites excluding steroid dienone is 2. The Morgan fingerprint density at radius 1 is 0.952 bits per heavy atom. The van der Waals surface area contributed by atoms with Gasteiger partial charge in [0.2, 0.25) is 0 Å². The number of rotatable bonds is 5. The normalized spacial score (nSPS) is 11.7. The summed E-state index contributed by atoms with van der Waals surface area (Å²) >= 11 is 1.83. The van der Waals surface area contributed by atoms with Crippen molar-refractivity contribution in [1.82, 2.24) is 4.98 Å². The first-order chi connectivity index (χ1) is 19.6. The number of benzene rings is 3. The molecule has 0 atom stereocenters. The molecule has 6 rings (SSSR count). The van der Waals surface area contributed by atoms with E-state index in [-0.39, 0.29) is 31.6 Å². The molecule has 217 valence electrons. The summed E-state index contributed by atoms with van der Waals surface area (Å²) in [7, 11) is 0. The number of hydrogen-bond acceptors (Lipinski definition) is 5. The van der Waals surface area contributed by atoms with Crippen LogP contribution in [0.5, 0.6) is 0 Å². The molecule has 3 aromatic heterocycles. The van der Waals surface area contributed by atoms with Gasteiger partial charge in [-0.2, -0.15) is 0 Å². The van der Waals surface area contributed by atoms with E-state index in [9.17, 15) is 4.79 Å². The maximum atomic E-state index is 10.0. The van der Waals surface area contributed by atoms with E-state index in [0.29, 0.717) is 11.8 Å². The van der Waals surface area contributed by atoms with Crippen LogP contribution in [0.25, 0.3) is 53.7 Å². The second-order valence-electron chi connectivity index (χ2n) is 11.0. The van der Waals surface area contributed by atoms with Gasteiger partial charge in [-0.05, 0) is 60.2 Å². The Labute approximate surface area is 264 Å². The standard InChI is InChI=1S/C31H26NOS.C5H8O2.Ir/c1-18(2)20-12-21(19(3)4)14-22(13-20)29-15-23-17-32-27(16-30(23)34-29)26-10-7-9-25-24-8-5-6-11-28(24)33-31(25)26;1-4(6)3-5(2)7;/h5-9,11-19H,1-4H3;3,6H,1-2H3;/q-1;;/b;4-3-;. The smallest absolute Gasteiger partial charge is 0.155 e. The molecule has 3 aromatic carbocycles. The maximum Gasteiger partial charge on any atom is 0.155 e. The van der Waals surface area contributed by atoms with Crippen LogP contribution in [0.15, 0.2) is 89.2 Å². The topological polar surface area (TPSA) is 63.3 Å². The summed E-state index contributed by atoms with van der Waals surface area (Å²) in [6.45, 7) is 11.9. The van der Waals surface area contributed by atoms with E-state index in [2.05, 4.69) is 76.2 Å². The molecule has 0 fully saturated rings. The van der Waals surface area contributed by atoms with Gasteiger partial charge in [0.1, 0.15) is 5.58 Å². The molecule has 6 heteroatoms. The molecule has 42 heavy (non-hydrogen) atoms. The van der Waals surface area contributed by atoms with Crippen molar-refractivity contribution < 1.29 is 34.4 Å². The number of ketones is 1. The molecule has 0 bridgehead atoms. The predicted molar refractivity (Wildman–Crippen MR) is 172 cm³/mol. The van der Waals surface area contributed by atoms with Crippen LogP contribution in [0.4, 0.5) is 0 Å². The average Bonchev–Trinajstić information content (AvgIpc) is 3.53. The third-order valence-corrected chi connectivity index (χ3v) is 8.15. The van der Waals surface area contributed by atoms with Gasteiger partial charge in [0.05, 0.1) is 11.3 Å². The largest absolute Gasteiger partial charge is 0.512 e. The fraction of sp³-hybridized carbons (Fsp3) is 0.222. The zero-order valence-corrected chi connectivity index (χ0v) is 27.8. The van der Waals surface area contributed by atoms with Crippen molar-refractivity contribution in [2.75, 3.05) is 0 Å². The van der Waals surface area contributed by atoms with E-state index in [1.54, 1.807) is 0 Å². The van der Waals surface area contributed by atoms with E-state index < -0.39 is 0 Å². The van der Waals surface area contributed by atoms with E-state index in [4.69, 9.17) is 14.5 Å². The van der Waals surface area contributed by atoms with Crippen LogP contribution in [-0.2, 0) is 24.9 Å². The summed E-state index contributed by atoms with van der Waals surface area (Å²) in [6, 6.07) is 27.1. The Bertz CT molecular complexity index is 1880. The molecule has 0 aliphatic heterocycles. The number of nitrogens with zero attached hydrogens (tertiary/aromatic N) is 1. The molecular weight excluding hydrogens is 719 g/mol. The quantitative estimate of drug-likeness (QED) is 0.108. The molecule has 0 saturated carbocycles. The van der Waals surface area contributed by atoms with Gasteiger partial charge in [0.25, 0.3) is 0 Å². The molecule has 0 unspecified atom stereocenters. The zero-order chi connectivity index (χ0) is 29.3. The monoisotopic (exact) mass is 753 g/mol. The van der Waals surface area contributed by atoms with Crippen LogP contribution in [0, 0.1) is 6.07 Å². The summed E-state index contributed by atoms with van der Waals surface area (Å²) in [5.41, 5.74) is 7.62. The number of carbonyl (C=O) groups excluding carboxylic acids is 1. The first-order valence-electron chi connectivity index (χ1n) is 13.9. The fourth-order valence-corrected chi connectivity index (χ4v) is 5.93. The number of aliphatic hydroxyl groups is 1. The van der Waals surface area contributed by atoms with Crippen molar-refractivity contribution in [3.63, 3.8) is 0 Å². The number of pyridine rings is 1. The number of hydrogen-bond donors (Lipinski definition) is 1. The molecule has 1 radical (unpaired) electrons. The molecule has 6 aromatic rings. The molecule has 0 spiro atoms.